The molecule has 2 N–H and O–H groups in total. The lowest BCUT2D eigenvalue weighted by molar-refractivity contribution is 0.202. The molecule has 2 heterocycles. The number of pyridine rings is 2. The number of nitrogens with zero attached hydrogens (tertiary/aromatic N) is 2. The molecular formula is C22H26N4O3S. The minimum absolute atomic E-state index is 0.137. The van der Waals surface area contributed by atoms with Crippen LogP contribution in [-0.4, -0.2) is 46.8 Å². The van der Waals surface area contributed by atoms with Gasteiger partial charge in [-0.3, -0.25) is 9.78 Å². The summed E-state index contributed by atoms with van der Waals surface area (Å²) < 4.78 is 10.7. The van der Waals surface area contributed by atoms with Gasteiger partial charge in [0.05, 0.1) is 19.8 Å². The Hall–Kier alpha value is -2.97. The minimum atomic E-state index is -0.137. The fourth-order valence-electron chi connectivity index (χ4n) is 3.09. The molecular weight excluding hydrogens is 400 g/mol. The maximum Gasteiger partial charge on any atom is 0.253 e. The number of benzene rings is 1. The van der Waals surface area contributed by atoms with E-state index in [1.54, 1.807) is 19.5 Å². The van der Waals surface area contributed by atoms with Crippen LogP contribution in [0.25, 0.3) is 10.9 Å². The van der Waals surface area contributed by atoms with Crippen LogP contribution in [0.2, 0.25) is 0 Å². The monoisotopic (exact) mass is 426 g/mol. The highest BCUT2D eigenvalue weighted by molar-refractivity contribution is 7.80. The number of aromatic amines is 1. The molecule has 7 nitrogen and oxygen atoms in total. The van der Waals surface area contributed by atoms with Crippen molar-refractivity contribution < 1.29 is 9.47 Å². The summed E-state index contributed by atoms with van der Waals surface area (Å²) in [5, 5.41) is 4.65. The summed E-state index contributed by atoms with van der Waals surface area (Å²) in [5.41, 5.74) is 2.26. The number of rotatable bonds is 9. The average Bonchev–Trinajstić information content (AvgIpc) is 2.75. The molecule has 0 aliphatic rings. The molecule has 3 aromatic rings. The summed E-state index contributed by atoms with van der Waals surface area (Å²) in [6, 6.07) is 11.4. The third kappa shape index (κ3) is 5.77. The van der Waals surface area contributed by atoms with E-state index in [0.29, 0.717) is 43.5 Å². The van der Waals surface area contributed by atoms with E-state index in [9.17, 15) is 4.79 Å². The summed E-state index contributed by atoms with van der Waals surface area (Å²) in [6.07, 6.45) is 3.52. The molecule has 1 aromatic carbocycles. The zero-order chi connectivity index (χ0) is 21.3. The molecule has 0 unspecified atom stereocenters. The second-order valence-electron chi connectivity index (χ2n) is 6.75. The third-order valence-corrected chi connectivity index (χ3v) is 4.93. The van der Waals surface area contributed by atoms with Crippen molar-refractivity contribution in [2.45, 2.75) is 20.0 Å². The van der Waals surface area contributed by atoms with E-state index in [1.165, 1.54) is 0 Å². The van der Waals surface area contributed by atoms with Gasteiger partial charge in [-0.1, -0.05) is 6.07 Å². The van der Waals surface area contributed by atoms with Gasteiger partial charge in [-0.2, -0.15) is 0 Å². The van der Waals surface area contributed by atoms with E-state index >= 15 is 0 Å². The number of methoxy groups -OCH3 is 1. The number of aromatic nitrogens is 2. The summed E-state index contributed by atoms with van der Waals surface area (Å²) >= 11 is 5.59. The quantitative estimate of drug-likeness (QED) is 0.402. The van der Waals surface area contributed by atoms with E-state index in [-0.39, 0.29) is 5.56 Å². The summed E-state index contributed by atoms with van der Waals surface area (Å²) in [6.45, 7) is 4.54. The molecule has 3 rings (SSSR count). The van der Waals surface area contributed by atoms with Crippen LogP contribution < -0.4 is 15.6 Å². The first-order chi connectivity index (χ1) is 14.6. The number of nitrogens with one attached hydrogen (secondary N) is 2. The fraction of sp³-hybridized carbons (Fsp3) is 0.318. The van der Waals surface area contributed by atoms with Crippen molar-refractivity contribution in [2.75, 3.05) is 26.9 Å². The van der Waals surface area contributed by atoms with Crippen LogP contribution in [0, 0.1) is 0 Å². The molecule has 158 valence electrons. The Kier molecular flexibility index (Phi) is 7.75. The lowest BCUT2D eigenvalue weighted by Crippen LogP contribution is -2.41. The van der Waals surface area contributed by atoms with Gasteiger partial charge in [0.15, 0.2) is 5.11 Å². The van der Waals surface area contributed by atoms with E-state index < -0.39 is 0 Å². The summed E-state index contributed by atoms with van der Waals surface area (Å²) in [5.74, 6) is 0.770. The smallest absolute Gasteiger partial charge is 0.253 e. The maximum atomic E-state index is 12.7. The standard InChI is InChI=1S/C22H26N4O3S/c1-3-29-19-6-7-20-17(12-19)11-18(21(27)25-20)15-26(22(30)24-9-10-28-2)14-16-5-4-8-23-13-16/h4-8,11-13H,3,9-10,14-15H2,1-2H3,(H,24,30)(H,25,27). The Bertz CT molecular complexity index is 1040. The lowest BCUT2D eigenvalue weighted by atomic mass is 10.1. The zero-order valence-corrected chi connectivity index (χ0v) is 18.0. The van der Waals surface area contributed by atoms with Crippen LogP contribution in [0.15, 0.2) is 53.6 Å². The Balaban J connectivity index is 1.87. The van der Waals surface area contributed by atoms with Gasteiger partial charge in [-0.25, -0.2) is 0 Å². The lowest BCUT2D eigenvalue weighted by Gasteiger charge is -2.26. The molecule has 8 heteroatoms. The van der Waals surface area contributed by atoms with Crippen molar-refractivity contribution in [1.82, 2.24) is 20.2 Å². The van der Waals surface area contributed by atoms with Gasteiger partial charge in [0, 0.05) is 49.1 Å². The van der Waals surface area contributed by atoms with Crippen LogP contribution in [0.3, 0.4) is 0 Å². The predicted octanol–water partition coefficient (Wildman–Crippen LogP) is 2.84. The van der Waals surface area contributed by atoms with Gasteiger partial charge in [-0.15, -0.1) is 0 Å². The molecule has 0 atom stereocenters. The van der Waals surface area contributed by atoms with E-state index in [0.717, 1.165) is 22.2 Å². The molecule has 0 spiro atoms. The first-order valence-electron chi connectivity index (χ1n) is 9.80. The van der Waals surface area contributed by atoms with Crippen molar-refractivity contribution in [2.24, 2.45) is 0 Å². The second kappa shape index (κ2) is 10.7. The van der Waals surface area contributed by atoms with Gasteiger partial charge in [0.2, 0.25) is 0 Å². The normalized spacial score (nSPS) is 10.7. The Morgan fingerprint density at radius 2 is 2.13 bits per heavy atom. The molecule has 0 aliphatic heterocycles. The first-order valence-corrected chi connectivity index (χ1v) is 10.2. The molecule has 2 aromatic heterocycles. The molecule has 0 saturated carbocycles. The minimum Gasteiger partial charge on any atom is -0.494 e. The van der Waals surface area contributed by atoms with Crippen LogP contribution in [0.4, 0.5) is 0 Å². The number of ether oxygens (including phenoxy) is 2. The van der Waals surface area contributed by atoms with Crippen LogP contribution in [0.1, 0.15) is 18.1 Å². The van der Waals surface area contributed by atoms with Crippen molar-refractivity contribution in [3.8, 4) is 5.75 Å². The molecule has 0 fully saturated rings. The highest BCUT2D eigenvalue weighted by Gasteiger charge is 2.14. The summed E-state index contributed by atoms with van der Waals surface area (Å²) in [7, 11) is 1.64. The Morgan fingerprint density at radius 3 is 2.87 bits per heavy atom. The number of H-pyrrole nitrogens is 1. The number of hydrogen-bond acceptors (Lipinski definition) is 5. The number of thiocarbonyl (C=S) groups is 1. The molecule has 0 bridgehead atoms. The fourth-order valence-corrected chi connectivity index (χ4v) is 3.32. The number of hydrogen-bond donors (Lipinski definition) is 2. The first kappa shape index (κ1) is 21.7. The molecule has 0 radical (unpaired) electrons. The molecule has 30 heavy (non-hydrogen) atoms. The van der Waals surface area contributed by atoms with Crippen molar-refractivity contribution in [3.05, 3.63) is 70.3 Å². The largest absolute Gasteiger partial charge is 0.494 e. The van der Waals surface area contributed by atoms with E-state index in [2.05, 4.69) is 15.3 Å². The van der Waals surface area contributed by atoms with Gasteiger partial charge in [0.25, 0.3) is 5.56 Å². The SMILES string of the molecule is CCOc1ccc2[nH]c(=O)c(CN(Cc3cccnc3)C(=S)NCCOC)cc2c1. The Morgan fingerprint density at radius 1 is 1.27 bits per heavy atom. The van der Waals surface area contributed by atoms with Crippen molar-refractivity contribution in [3.63, 3.8) is 0 Å². The van der Waals surface area contributed by atoms with Crippen LogP contribution >= 0.6 is 12.2 Å². The number of fused-ring (bicyclic) bond motifs is 1. The molecule has 0 amide bonds. The van der Waals surface area contributed by atoms with Crippen molar-refractivity contribution in [1.29, 1.82) is 0 Å². The maximum absolute atomic E-state index is 12.7. The van der Waals surface area contributed by atoms with E-state index in [1.807, 2.05) is 48.2 Å². The van der Waals surface area contributed by atoms with Gasteiger partial charge in [-0.05, 0) is 55.0 Å². The topological polar surface area (TPSA) is 79.5 Å². The zero-order valence-electron chi connectivity index (χ0n) is 17.2. The van der Waals surface area contributed by atoms with Gasteiger partial charge < -0.3 is 24.7 Å². The Labute approximate surface area is 181 Å². The van der Waals surface area contributed by atoms with Gasteiger partial charge >= 0.3 is 0 Å². The molecule has 0 aliphatic carbocycles. The third-order valence-electron chi connectivity index (χ3n) is 4.53. The van der Waals surface area contributed by atoms with E-state index in [4.69, 9.17) is 21.7 Å². The van der Waals surface area contributed by atoms with Crippen LogP contribution in [-0.2, 0) is 17.8 Å². The summed E-state index contributed by atoms with van der Waals surface area (Å²) in [4.78, 5) is 21.8. The second-order valence-corrected chi connectivity index (χ2v) is 7.13. The average molecular weight is 427 g/mol. The predicted molar refractivity (Wildman–Crippen MR) is 122 cm³/mol. The highest BCUT2D eigenvalue weighted by Crippen LogP contribution is 2.20. The van der Waals surface area contributed by atoms with Crippen LogP contribution in [0.5, 0.6) is 5.75 Å². The van der Waals surface area contributed by atoms with Gasteiger partial charge in [0.1, 0.15) is 5.75 Å². The molecule has 0 saturated heterocycles. The highest BCUT2D eigenvalue weighted by atomic mass is 32.1. The van der Waals surface area contributed by atoms with Crippen molar-refractivity contribution >= 4 is 28.2 Å².